The predicted molar refractivity (Wildman–Crippen MR) is 107 cm³/mol. The smallest absolute Gasteiger partial charge is 0.206 e. The Kier molecular flexibility index (Phi) is 5.01. The molecule has 0 spiro atoms. The van der Waals surface area contributed by atoms with Crippen molar-refractivity contribution < 1.29 is 9.53 Å². The number of H-pyrrole nitrogens is 1. The van der Waals surface area contributed by atoms with Gasteiger partial charge in [-0.15, -0.1) is 0 Å². The largest absolute Gasteiger partial charge is 0.496 e. The summed E-state index contributed by atoms with van der Waals surface area (Å²) in [6.45, 7) is 2.18. The van der Waals surface area contributed by atoms with Gasteiger partial charge in [0.15, 0.2) is 11.5 Å². The van der Waals surface area contributed by atoms with Crippen molar-refractivity contribution in [1.29, 1.82) is 5.41 Å². The lowest BCUT2D eigenvalue weighted by Crippen LogP contribution is -2.21. The van der Waals surface area contributed by atoms with E-state index in [0.717, 1.165) is 47.8 Å². The number of anilines is 1. The normalized spacial score (nSPS) is 16.0. The highest BCUT2D eigenvalue weighted by atomic mass is 16.5. The zero-order chi connectivity index (χ0) is 19.5. The highest BCUT2D eigenvalue weighted by molar-refractivity contribution is 6.46. The molecule has 8 heteroatoms. The number of aromatic nitrogens is 4. The Morgan fingerprint density at radius 1 is 1.14 bits per heavy atom. The Labute approximate surface area is 162 Å². The molecule has 2 aliphatic rings. The van der Waals surface area contributed by atoms with Crippen molar-refractivity contribution in [1.82, 2.24) is 19.9 Å². The van der Waals surface area contributed by atoms with Gasteiger partial charge in [0.05, 0.1) is 19.1 Å². The summed E-state index contributed by atoms with van der Waals surface area (Å²) >= 11 is 0. The number of ether oxygens (including phenoxy) is 1. The zero-order valence-electron chi connectivity index (χ0n) is 15.7. The number of carbonyl (C=O) groups is 1. The van der Waals surface area contributed by atoms with Gasteiger partial charge in [0.2, 0.25) is 5.78 Å². The molecule has 1 aromatic carbocycles. The molecule has 144 valence electrons. The zero-order valence-corrected chi connectivity index (χ0v) is 15.7. The summed E-state index contributed by atoms with van der Waals surface area (Å²) < 4.78 is 5.17. The number of fused-ring (bicyclic) bond motifs is 2. The summed E-state index contributed by atoms with van der Waals surface area (Å²) in [5, 5.41) is 7.46. The number of ketones is 1. The summed E-state index contributed by atoms with van der Waals surface area (Å²) in [5.74, 6) is 1.58. The minimum absolute atomic E-state index is 0.162. The van der Waals surface area contributed by atoms with Crippen LogP contribution in [0.3, 0.4) is 0 Å². The maximum atomic E-state index is 11.6. The number of Topliss-reactive ketones (excluding diaryl/α,β-unsaturated/α-hetero) is 1. The van der Waals surface area contributed by atoms with Gasteiger partial charge in [-0.25, -0.2) is 15.0 Å². The standard InChI is InChI=1S/C11H11NO2.C9H11N5/c1-14-10-4-2-3-8-7(10)5-6-9(12)11(8)13;1-2-4-14(3-1)9-7-8(11-5-10-7)12-6-13-9/h2-4,12H,5-6H2,1H3;5-6H,1-4H2,(H,10,11,12,13). The van der Waals surface area contributed by atoms with E-state index in [0.29, 0.717) is 12.0 Å². The van der Waals surface area contributed by atoms with Crippen LogP contribution >= 0.6 is 0 Å². The Balaban J connectivity index is 0.000000137. The van der Waals surface area contributed by atoms with Crippen LogP contribution in [0.25, 0.3) is 11.2 Å². The van der Waals surface area contributed by atoms with Crippen LogP contribution in [0.4, 0.5) is 5.82 Å². The second-order valence-electron chi connectivity index (χ2n) is 6.79. The molecule has 0 unspecified atom stereocenters. The van der Waals surface area contributed by atoms with Crippen molar-refractivity contribution in [3.63, 3.8) is 0 Å². The van der Waals surface area contributed by atoms with Crippen LogP contribution in [0.15, 0.2) is 30.9 Å². The molecular weight excluding hydrogens is 356 g/mol. The summed E-state index contributed by atoms with van der Waals surface area (Å²) in [6.07, 6.45) is 6.99. The van der Waals surface area contributed by atoms with Gasteiger partial charge in [-0.3, -0.25) is 4.79 Å². The molecule has 1 fully saturated rings. The number of hydrogen-bond donors (Lipinski definition) is 2. The summed E-state index contributed by atoms with van der Waals surface area (Å²) in [7, 11) is 1.60. The molecule has 0 radical (unpaired) electrons. The lowest BCUT2D eigenvalue weighted by molar-refractivity contribution is 0.105. The molecule has 5 rings (SSSR count). The van der Waals surface area contributed by atoms with E-state index in [1.54, 1.807) is 31.9 Å². The number of nitrogens with zero attached hydrogens (tertiary/aromatic N) is 4. The van der Waals surface area contributed by atoms with Crippen molar-refractivity contribution in [3.05, 3.63) is 42.0 Å². The van der Waals surface area contributed by atoms with E-state index in [2.05, 4.69) is 24.8 Å². The van der Waals surface area contributed by atoms with Crippen LogP contribution in [0.2, 0.25) is 0 Å². The summed E-state index contributed by atoms with van der Waals surface area (Å²) in [5.41, 5.74) is 3.47. The number of methoxy groups -OCH3 is 1. The lowest BCUT2D eigenvalue weighted by Gasteiger charge is -2.17. The first kappa shape index (κ1) is 18.1. The van der Waals surface area contributed by atoms with Gasteiger partial charge in [0.25, 0.3) is 0 Å². The number of imidazole rings is 1. The van der Waals surface area contributed by atoms with E-state index in [-0.39, 0.29) is 11.5 Å². The molecule has 2 aromatic heterocycles. The van der Waals surface area contributed by atoms with E-state index >= 15 is 0 Å². The second kappa shape index (κ2) is 7.75. The van der Waals surface area contributed by atoms with E-state index in [1.165, 1.54) is 12.8 Å². The van der Waals surface area contributed by atoms with Gasteiger partial charge in [0.1, 0.15) is 17.6 Å². The van der Waals surface area contributed by atoms with Gasteiger partial charge in [-0.2, -0.15) is 0 Å². The first-order valence-electron chi connectivity index (χ1n) is 9.36. The van der Waals surface area contributed by atoms with E-state index in [1.807, 2.05) is 6.07 Å². The van der Waals surface area contributed by atoms with Gasteiger partial charge >= 0.3 is 0 Å². The maximum absolute atomic E-state index is 11.6. The average Bonchev–Trinajstić information content (AvgIpc) is 3.42. The fourth-order valence-corrected chi connectivity index (χ4v) is 3.67. The Bertz CT molecular complexity index is 1020. The van der Waals surface area contributed by atoms with Crippen molar-refractivity contribution in [2.75, 3.05) is 25.1 Å². The number of carbonyl (C=O) groups excluding carboxylic acids is 1. The van der Waals surface area contributed by atoms with Crippen LogP contribution in [-0.4, -0.2) is 51.6 Å². The molecule has 1 aliphatic carbocycles. The second-order valence-corrected chi connectivity index (χ2v) is 6.79. The molecule has 0 amide bonds. The summed E-state index contributed by atoms with van der Waals surface area (Å²) in [4.78, 5) is 29.5. The molecule has 0 atom stereocenters. The predicted octanol–water partition coefficient (Wildman–Crippen LogP) is 2.80. The molecule has 3 aromatic rings. The SMILES string of the molecule is COc1cccc2c1CCC(=N)C2=O.c1nc(N2CCCC2)c2[nH]cnc2n1. The average molecular weight is 378 g/mol. The Morgan fingerprint density at radius 2 is 1.96 bits per heavy atom. The third-order valence-electron chi connectivity index (χ3n) is 5.11. The van der Waals surface area contributed by atoms with Gasteiger partial charge in [-0.1, -0.05) is 12.1 Å². The van der Waals surface area contributed by atoms with Crippen LogP contribution in [0, 0.1) is 5.41 Å². The van der Waals surface area contributed by atoms with Crippen molar-refractivity contribution in [2.45, 2.75) is 25.7 Å². The van der Waals surface area contributed by atoms with Crippen molar-refractivity contribution in [3.8, 4) is 5.75 Å². The number of benzene rings is 1. The first-order valence-corrected chi connectivity index (χ1v) is 9.36. The first-order chi connectivity index (χ1) is 13.7. The molecule has 3 heterocycles. The van der Waals surface area contributed by atoms with E-state index < -0.39 is 0 Å². The Morgan fingerprint density at radius 3 is 2.75 bits per heavy atom. The monoisotopic (exact) mass is 378 g/mol. The van der Waals surface area contributed by atoms with Gasteiger partial charge in [-0.05, 0) is 31.7 Å². The van der Waals surface area contributed by atoms with Crippen molar-refractivity contribution >= 4 is 28.5 Å². The number of hydrogen-bond acceptors (Lipinski definition) is 7. The molecule has 8 nitrogen and oxygen atoms in total. The molecule has 1 saturated heterocycles. The molecular formula is C20H22N6O2. The minimum atomic E-state index is -0.162. The van der Waals surface area contributed by atoms with Crippen LogP contribution in [0.1, 0.15) is 35.2 Å². The van der Waals surface area contributed by atoms with E-state index in [9.17, 15) is 4.79 Å². The van der Waals surface area contributed by atoms with Crippen LogP contribution in [0.5, 0.6) is 5.75 Å². The third-order valence-corrected chi connectivity index (χ3v) is 5.11. The highest BCUT2D eigenvalue weighted by Gasteiger charge is 2.24. The minimum Gasteiger partial charge on any atom is -0.496 e. The lowest BCUT2D eigenvalue weighted by atomic mass is 9.89. The third kappa shape index (κ3) is 3.33. The number of nitrogens with one attached hydrogen (secondary N) is 2. The molecule has 0 bridgehead atoms. The van der Waals surface area contributed by atoms with Crippen LogP contribution < -0.4 is 9.64 Å². The molecule has 0 saturated carbocycles. The molecule has 1 aliphatic heterocycles. The molecule has 28 heavy (non-hydrogen) atoms. The van der Waals surface area contributed by atoms with Crippen molar-refractivity contribution in [2.24, 2.45) is 0 Å². The van der Waals surface area contributed by atoms with Gasteiger partial charge in [0, 0.05) is 24.2 Å². The fraction of sp³-hybridized carbons (Fsp3) is 0.350. The molecule has 2 N–H and O–H groups in total. The quantitative estimate of drug-likeness (QED) is 0.710. The van der Waals surface area contributed by atoms with E-state index in [4.69, 9.17) is 10.1 Å². The Hall–Kier alpha value is -3.29. The highest BCUT2D eigenvalue weighted by Crippen LogP contribution is 2.28. The summed E-state index contributed by atoms with van der Waals surface area (Å²) in [6, 6.07) is 5.39. The fourth-order valence-electron chi connectivity index (χ4n) is 3.67. The number of rotatable bonds is 2. The number of aromatic amines is 1. The topological polar surface area (TPSA) is 108 Å². The maximum Gasteiger partial charge on any atom is 0.206 e. The van der Waals surface area contributed by atoms with Crippen LogP contribution in [-0.2, 0) is 6.42 Å². The van der Waals surface area contributed by atoms with Gasteiger partial charge < -0.3 is 20.0 Å².